The first-order valence-corrected chi connectivity index (χ1v) is 8.06. The zero-order valence-corrected chi connectivity index (χ0v) is 13.8. The summed E-state index contributed by atoms with van der Waals surface area (Å²) in [6, 6.07) is 2.72. The lowest BCUT2D eigenvalue weighted by Gasteiger charge is -2.39. The Morgan fingerprint density at radius 1 is 1.30 bits per heavy atom. The Balaban J connectivity index is 1.90. The van der Waals surface area contributed by atoms with E-state index in [1.807, 2.05) is 17.9 Å². The Morgan fingerprint density at radius 2 is 1.95 bits per heavy atom. The predicted octanol–water partition coefficient (Wildman–Crippen LogP) is 3.40. The van der Waals surface area contributed by atoms with Crippen LogP contribution in [0, 0.1) is 17.3 Å². The smallest absolute Gasteiger partial charge is 0.0640 e. The number of aryl methyl sites for hydroxylation is 1. The van der Waals surface area contributed by atoms with Gasteiger partial charge in [0.1, 0.15) is 0 Å². The zero-order valence-electron chi connectivity index (χ0n) is 13.8. The molecule has 0 bridgehead atoms. The van der Waals surface area contributed by atoms with Gasteiger partial charge < -0.3 is 5.32 Å². The maximum atomic E-state index is 4.52. The number of nitrogens with zero attached hydrogens (tertiary/aromatic N) is 2. The first-order valence-electron chi connectivity index (χ1n) is 8.06. The van der Waals surface area contributed by atoms with Gasteiger partial charge in [-0.25, -0.2) is 0 Å². The lowest BCUT2D eigenvalue weighted by molar-refractivity contribution is 0.133. The van der Waals surface area contributed by atoms with Crippen LogP contribution in [0.3, 0.4) is 0 Å². The van der Waals surface area contributed by atoms with Crippen LogP contribution in [-0.4, -0.2) is 22.9 Å². The van der Waals surface area contributed by atoms with Gasteiger partial charge in [0, 0.05) is 25.7 Å². The molecule has 3 heteroatoms. The molecule has 0 aliphatic heterocycles. The van der Waals surface area contributed by atoms with Crippen LogP contribution in [-0.2, 0) is 13.5 Å². The van der Waals surface area contributed by atoms with Gasteiger partial charge in [0.15, 0.2) is 0 Å². The standard InChI is InChI=1S/C17H31N3/c1-17(2,3)14-8-6-13(7-9-14)16(18-4)12-15-10-11-20(5)19-15/h10-11,13-14,16,18H,6-9,12H2,1-5H3. The number of rotatable bonds is 4. The molecule has 3 nitrogen and oxygen atoms in total. The van der Waals surface area contributed by atoms with E-state index in [2.05, 4.69) is 44.3 Å². The SMILES string of the molecule is CNC(Cc1ccn(C)n1)C1CCC(C(C)(C)C)CC1. The molecule has 0 aromatic carbocycles. The van der Waals surface area contributed by atoms with E-state index in [-0.39, 0.29) is 0 Å². The van der Waals surface area contributed by atoms with Crippen molar-refractivity contribution in [3.63, 3.8) is 0 Å². The van der Waals surface area contributed by atoms with Crippen molar-refractivity contribution in [2.75, 3.05) is 7.05 Å². The minimum atomic E-state index is 0.473. The molecule has 2 rings (SSSR count). The molecule has 1 aromatic heterocycles. The molecule has 1 fully saturated rings. The number of aromatic nitrogens is 2. The van der Waals surface area contributed by atoms with Crippen LogP contribution < -0.4 is 5.32 Å². The summed E-state index contributed by atoms with van der Waals surface area (Å²) in [7, 11) is 4.09. The van der Waals surface area contributed by atoms with Crippen LogP contribution in [0.2, 0.25) is 0 Å². The molecule has 1 aliphatic carbocycles. The number of hydrogen-bond donors (Lipinski definition) is 1. The summed E-state index contributed by atoms with van der Waals surface area (Å²) >= 11 is 0. The molecule has 1 aliphatic rings. The van der Waals surface area contributed by atoms with Crippen molar-refractivity contribution >= 4 is 0 Å². The Bertz CT molecular complexity index is 408. The molecular formula is C17H31N3. The van der Waals surface area contributed by atoms with Gasteiger partial charge in [0.05, 0.1) is 5.69 Å². The van der Waals surface area contributed by atoms with E-state index in [0.29, 0.717) is 11.5 Å². The summed E-state index contributed by atoms with van der Waals surface area (Å²) < 4.78 is 1.90. The van der Waals surface area contributed by atoms with Gasteiger partial charge in [-0.15, -0.1) is 0 Å². The van der Waals surface area contributed by atoms with Crippen molar-refractivity contribution in [2.45, 2.75) is 58.9 Å². The topological polar surface area (TPSA) is 29.9 Å². The molecule has 0 amide bonds. The lowest BCUT2D eigenvalue weighted by atomic mass is 9.68. The molecule has 1 unspecified atom stereocenters. The Labute approximate surface area is 124 Å². The van der Waals surface area contributed by atoms with E-state index in [9.17, 15) is 0 Å². The maximum Gasteiger partial charge on any atom is 0.0640 e. The van der Waals surface area contributed by atoms with Gasteiger partial charge in [0.25, 0.3) is 0 Å². The first kappa shape index (κ1) is 15.6. The van der Waals surface area contributed by atoms with E-state index in [0.717, 1.165) is 18.3 Å². The van der Waals surface area contributed by atoms with Gasteiger partial charge in [-0.3, -0.25) is 4.68 Å². The zero-order chi connectivity index (χ0) is 14.8. The fourth-order valence-electron chi connectivity index (χ4n) is 3.69. The fraction of sp³-hybridized carbons (Fsp3) is 0.824. The molecule has 1 N–H and O–H groups in total. The summed E-state index contributed by atoms with van der Waals surface area (Å²) in [5.74, 6) is 1.70. The van der Waals surface area contributed by atoms with Crippen molar-refractivity contribution in [1.82, 2.24) is 15.1 Å². The monoisotopic (exact) mass is 277 g/mol. The van der Waals surface area contributed by atoms with Crippen molar-refractivity contribution in [2.24, 2.45) is 24.3 Å². The Kier molecular flexibility index (Phi) is 4.90. The molecule has 0 radical (unpaired) electrons. The summed E-state index contributed by atoms with van der Waals surface area (Å²) in [5.41, 5.74) is 1.69. The summed E-state index contributed by atoms with van der Waals surface area (Å²) in [6.07, 6.45) is 8.59. The summed E-state index contributed by atoms with van der Waals surface area (Å²) in [6.45, 7) is 7.17. The molecule has 0 spiro atoms. The van der Waals surface area contributed by atoms with Crippen LogP contribution >= 0.6 is 0 Å². The minimum absolute atomic E-state index is 0.473. The van der Waals surface area contributed by atoms with Crippen molar-refractivity contribution < 1.29 is 0 Å². The van der Waals surface area contributed by atoms with Crippen LogP contribution in [0.15, 0.2) is 12.3 Å². The molecule has 0 saturated heterocycles. The largest absolute Gasteiger partial charge is 0.316 e. The van der Waals surface area contributed by atoms with E-state index in [1.54, 1.807) is 0 Å². The van der Waals surface area contributed by atoms with E-state index >= 15 is 0 Å². The highest BCUT2D eigenvalue weighted by molar-refractivity contribution is 5.02. The maximum absolute atomic E-state index is 4.52. The van der Waals surface area contributed by atoms with Gasteiger partial charge >= 0.3 is 0 Å². The number of likely N-dealkylation sites (N-methyl/N-ethyl adjacent to an activating group) is 1. The van der Waals surface area contributed by atoms with Crippen LogP contribution in [0.25, 0.3) is 0 Å². The first-order chi connectivity index (χ1) is 9.40. The third-order valence-corrected chi connectivity index (χ3v) is 5.13. The second-order valence-corrected chi connectivity index (χ2v) is 7.56. The third kappa shape index (κ3) is 3.85. The second kappa shape index (κ2) is 6.30. The third-order valence-electron chi connectivity index (χ3n) is 5.13. The molecule has 1 heterocycles. The molecule has 1 aromatic rings. The number of nitrogens with one attached hydrogen (secondary N) is 1. The highest BCUT2D eigenvalue weighted by atomic mass is 15.2. The van der Waals surface area contributed by atoms with E-state index in [1.165, 1.54) is 31.4 Å². The molecule has 1 saturated carbocycles. The predicted molar refractivity (Wildman–Crippen MR) is 84.7 cm³/mol. The molecule has 20 heavy (non-hydrogen) atoms. The molecular weight excluding hydrogens is 246 g/mol. The van der Waals surface area contributed by atoms with Crippen LogP contribution in [0.4, 0.5) is 0 Å². The van der Waals surface area contributed by atoms with Gasteiger partial charge in [0.2, 0.25) is 0 Å². The Hall–Kier alpha value is -0.830. The van der Waals surface area contributed by atoms with Crippen molar-refractivity contribution in [1.29, 1.82) is 0 Å². The lowest BCUT2D eigenvalue weighted by Crippen LogP contribution is -2.39. The summed E-state index contributed by atoms with van der Waals surface area (Å²) in [4.78, 5) is 0. The average molecular weight is 277 g/mol. The van der Waals surface area contributed by atoms with E-state index in [4.69, 9.17) is 0 Å². The fourth-order valence-corrected chi connectivity index (χ4v) is 3.69. The van der Waals surface area contributed by atoms with Gasteiger partial charge in [-0.05, 0) is 56.0 Å². The van der Waals surface area contributed by atoms with Gasteiger partial charge in [-0.2, -0.15) is 5.10 Å². The second-order valence-electron chi connectivity index (χ2n) is 7.56. The van der Waals surface area contributed by atoms with E-state index < -0.39 is 0 Å². The van der Waals surface area contributed by atoms with Crippen LogP contribution in [0.5, 0.6) is 0 Å². The minimum Gasteiger partial charge on any atom is -0.316 e. The average Bonchev–Trinajstić information content (AvgIpc) is 2.81. The highest BCUT2D eigenvalue weighted by Crippen LogP contribution is 2.40. The molecule has 114 valence electrons. The highest BCUT2D eigenvalue weighted by Gasteiger charge is 2.32. The normalized spacial score (nSPS) is 25.6. The van der Waals surface area contributed by atoms with Gasteiger partial charge in [-0.1, -0.05) is 20.8 Å². The Morgan fingerprint density at radius 3 is 2.40 bits per heavy atom. The van der Waals surface area contributed by atoms with Crippen molar-refractivity contribution in [3.05, 3.63) is 18.0 Å². The summed E-state index contributed by atoms with van der Waals surface area (Å²) in [5, 5.41) is 8.06. The van der Waals surface area contributed by atoms with Crippen LogP contribution in [0.1, 0.15) is 52.1 Å². The molecule has 1 atom stereocenters. The van der Waals surface area contributed by atoms with Crippen molar-refractivity contribution in [3.8, 4) is 0 Å². The quantitative estimate of drug-likeness (QED) is 0.914. The number of hydrogen-bond acceptors (Lipinski definition) is 2.